The molecule has 3 heterocycles. The molecular weight excluding hydrogens is 370 g/mol. The summed E-state index contributed by atoms with van der Waals surface area (Å²) in [5.74, 6) is 1.07. The van der Waals surface area contributed by atoms with Crippen LogP contribution in [0.15, 0.2) is 60.9 Å². The Kier molecular flexibility index (Phi) is 4.97. The summed E-state index contributed by atoms with van der Waals surface area (Å²) in [5, 5.41) is 1.21. The number of quaternary nitrogens is 1. The first-order valence-corrected chi connectivity index (χ1v) is 10.7. The molecule has 152 valence electrons. The molecule has 0 atom stereocenters. The molecule has 1 aliphatic rings. The fraction of sp³-hybridized carbons (Fsp3) is 0.280. The Morgan fingerprint density at radius 2 is 1.83 bits per heavy atom. The van der Waals surface area contributed by atoms with Crippen LogP contribution in [-0.2, 0) is 7.05 Å². The fourth-order valence-corrected chi connectivity index (χ4v) is 4.52. The van der Waals surface area contributed by atoms with Crippen molar-refractivity contribution in [2.75, 3.05) is 37.6 Å². The Bertz CT molecular complexity index is 1200. The number of hydrogen-bond donors (Lipinski definition) is 1. The molecule has 0 bridgehead atoms. The number of benzene rings is 2. The van der Waals surface area contributed by atoms with E-state index in [1.807, 2.05) is 0 Å². The van der Waals surface area contributed by atoms with Gasteiger partial charge in [0.1, 0.15) is 17.4 Å². The van der Waals surface area contributed by atoms with Gasteiger partial charge in [-0.05, 0) is 30.7 Å². The third kappa shape index (κ3) is 3.46. The van der Waals surface area contributed by atoms with Crippen LogP contribution in [-0.4, -0.2) is 47.3 Å². The zero-order valence-electron chi connectivity index (χ0n) is 17.7. The van der Waals surface area contributed by atoms with E-state index in [1.165, 1.54) is 22.0 Å². The topological polar surface area (TPSA) is 38.4 Å². The van der Waals surface area contributed by atoms with E-state index < -0.39 is 0 Å². The third-order valence-corrected chi connectivity index (χ3v) is 6.19. The molecule has 0 amide bonds. The molecule has 5 rings (SSSR count). The molecule has 5 heteroatoms. The molecular formula is C25H28N5+. The number of piperazine rings is 1. The lowest BCUT2D eigenvalue weighted by molar-refractivity contribution is -0.894. The summed E-state index contributed by atoms with van der Waals surface area (Å²) in [6.07, 6.45) is 6.25. The first kappa shape index (κ1) is 18.8. The fourth-order valence-electron chi connectivity index (χ4n) is 4.52. The van der Waals surface area contributed by atoms with Crippen molar-refractivity contribution in [3.63, 3.8) is 0 Å². The highest BCUT2D eigenvalue weighted by Gasteiger charge is 2.24. The van der Waals surface area contributed by atoms with Gasteiger partial charge in [-0.15, -0.1) is 0 Å². The number of aromatic nitrogens is 3. The van der Waals surface area contributed by atoms with Gasteiger partial charge >= 0.3 is 0 Å². The van der Waals surface area contributed by atoms with E-state index >= 15 is 0 Å². The van der Waals surface area contributed by atoms with Crippen molar-refractivity contribution in [1.29, 1.82) is 0 Å². The Morgan fingerprint density at radius 1 is 1.03 bits per heavy atom. The Hall–Kier alpha value is -3.18. The van der Waals surface area contributed by atoms with E-state index in [9.17, 15) is 0 Å². The van der Waals surface area contributed by atoms with Crippen molar-refractivity contribution in [1.82, 2.24) is 14.5 Å². The predicted octanol–water partition coefficient (Wildman–Crippen LogP) is 2.85. The zero-order valence-corrected chi connectivity index (χ0v) is 17.7. The summed E-state index contributed by atoms with van der Waals surface area (Å²) < 4.78 is 2.25. The first-order valence-electron chi connectivity index (χ1n) is 10.7. The van der Waals surface area contributed by atoms with Crippen LogP contribution in [0.4, 0.5) is 5.82 Å². The molecule has 5 nitrogen and oxygen atoms in total. The molecule has 0 saturated carbocycles. The average Bonchev–Trinajstić information content (AvgIpc) is 3.07. The van der Waals surface area contributed by atoms with Gasteiger partial charge in [0.05, 0.1) is 38.2 Å². The molecule has 2 aromatic carbocycles. The van der Waals surface area contributed by atoms with Gasteiger partial charge in [-0.25, -0.2) is 9.97 Å². The van der Waals surface area contributed by atoms with Gasteiger partial charge in [-0.2, -0.15) is 0 Å². The summed E-state index contributed by atoms with van der Waals surface area (Å²) in [5.41, 5.74) is 5.95. The maximum atomic E-state index is 4.71. The average molecular weight is 399 g/mol. The number of rotatable bonds is 4. The van der Waals surface area contributed by atoms with Crippen molar-refractivity contribution in [2.45, 2.75) is 6.92 Å². The molecule has 30 heavy (non-hydrogen) atoms. The summed E-state index contributed by atoms with van der Waals surface area (Å²) in [6.45, 7) is 7.47. The van der Waals surface area contributed by atoms with Gasteiger partial charge in [-0.1, -0.05) is 48.0 Å². The number of anilines is 1. The molecule has 1 N–H and O–H groups in total. The zero-order chi connectivity index (χ0) is 20.5. The highest BCUT2D eigenvalue weighted by atomic mass is 15.3. The van der Waals surface area contributed by atoms with E-state index in [-0.39, 0.29) is 0 Å². The highest BCUT2D eigenvalue weighted by Crippen LogP contribution is 2.32. The molecule has 1 aliphatic heterocycles. The number of fused-ring (bicyclic) bond motifs is 3. The minimum Gasteiger partial charge on any atom is -0.343 e. The standard InChI is InChI=1S/C25H27N5/c1-19-10-11-22-21(17-19)23-24(28(22)2)25(27-18-26-23)30-15-13-29(14-16-30)12-6-9-20-7-4-3-5-8-20/h3-11,17-18H,12-16H2,1-2H3/p+1/b9-6+. The lowest BCUT2D eigenvalue weighted by Crippen LogP contribution is -3.14. The van der Waals surface area contributed by atoms with Crippen LogP contribution in [0.5, 0.6) is 0 Å². The van der Waals surface area contributed by atoms with Crippen LogP contribution < -0.4 is 9.80 Å². The van der Waals surface area contributed by atoms with E-state index in [0.29, 0.717) is 0 Å². The van der Waals surface area contributed by atoms with Gasteiger partial charge in [-0.3, -0.25) is 0 Å². The van der Waals surface area contributed by atoms with Crippen molar-refractivity contribution in [3.05, 3.63) is 72.1 Å². The third-order valence-electron chi connectivity index (χ3n) is 6.19. The number of nitrogens with one attached hydrogen (secondary N) is 1. The molecule has 0 radical (unpaired) electrons. The van der Waals surface area contributed by atoms with Crippen LogP contribution in [0.3, 0.4) is 0 Å². The summed E-state index contributed by atoms with van der Waals surface area (Å²) >= 11 is 0. The molecule has 0 aliphatic carbocycles. The van der Waals surface area contributed by atoms with Crippen LogP contribution in [0.2, 0.25) is 0 Å². The Morgan fingerprint density at radius 3 is 2.63 bits per heavy atom. The second-order valence-electron chi connectivity index (χ2n) is 8.23. The predicted molar refractivity (Wildman–Crippen MR) is 124 cm³/mol. The van der Waals surface area contributed by atoms with Gasteiger partial charge in [0, 0.05) is 12.4 Å². The van der Waals surface area contributed by atoms with E-state index in [1.54, 1.807) is 11.2 Å². The molecule has 0 unspecified atom stereocenters. The number of hydrogen-bond acceptors (Lipinski definition) is 3. The smallest absolute Gasteiger partial charge is 0.157 e. The molecule has 1 saturated heterocycles. The largest absolute Gasteiger partial charge is 0.343 e. The molecule has 2 aromatic heterocycles. The number of nitrogens with zero attached hydrogens (tertiary/aromatic N) is 4. The number of aryl methyl sites for hydroxylation is 2. The summed E-state index contributed by atoms with van der Waals surface area (Å²) in [4.78, 5) is 13.4. The van der Waals surface area contributed by atoms with Gasteiger partial charge in [0.2, 0.25) is 0 Å². The van der Waals surface area contributed by atoms with Crippen molar-refractivity contribution < 1.29 is 4.90 Å². The van der Waals surface area contributed by atoms with Crippen molar-refractivity contribution >= 4 is 33.8 Å². The van der Waals surface area contributed by atoms with E-state index in [0.717, 1.165) is 49.6 Å². The monoisotopic (exact) mass is 398 g/mol. The highest BCUT2D eigenvalue weighted by molar-refractivity contribution is 6.09. The van der Waals surface area contributed by atoms with Crippen molar-refractivity contribution in [2.24, 2.45) is 7.05 Å². The van der Waals surface area contributed by atoms with Crippen molar-refractivity contribution in [3.8, 4) is 0 Å². The maximum Gasteiger partial charge on any atom is 0.157 e. The van der Waals surface area contributed by atoms with Gasteiger partial charge in [0.15, 0.2) is 5.82 Å². The maximum absolute atomic E-state index is 4.71. The van der Waals surface area contributed by atoms with E-state index in [4.69, 9.17) is 4.98 Å². The molecule has 4 aromatic rings. The SMILES string of the molecule is Cc1ccc2c(c1)c1ncnc(N3CC[NH+](C/C=C/c4ccccc4)CC3)c1n2C. The Balaban J connectivity index is 1.34. The normalized spacial score (nSPS) is 15.6. The van der Waals surface area contributed by atoms with Crippen LogP contribution in [0.25, 0.3) is 28.0 Å². The second kappa shape index (κ2) is 7.92. The lowest BCUT2D eigenvalue weighted by Gasteiger charge is -2.32. The summed E-state index contributed by atoms with van der Waals surface area (Å²) in [7, 11) is 2.13. The van der Waals surface area contributed by atoms with Gasteiger partial charge < -0.3 is 14.4 Å². The minimum atomic E-state index is 1.02. The van der Waals surface area contributed by atoms with E-state index in [2.05, 4.69) is 89.1 Å². The second-order valence-corrected chi connectivity index (χ2v) is 8.23. The van der Waals surface area contributed by atoms with Crippen LogP contribution >= 0.6 is 0 Å². The Labute approximate surface area is 177 Å². The summed E-state index contributed by atoms with van der Waals surface area (Å²) in [6, 6.07) is 17.1. The lowest BCUT2D eigenvalue weighted by atomic mass is 10.1. The minimum absolute atomic E-state index is 1.02. The molecule has 1 fully saturated rings. The van der Waals surface area contributed by atoms with Gasteiger partial charge in [0.25, 0.3) is 0 Å². The van der Waals surface area contributed by atoms with Crippen LogP contribution in [0.1, 0.15) is 11.1 Å². The first-order chi connectivity index (χ1) is 14.7. The van der Waals surface area contributed by atoms with Crippen LogP contribution in [0, 0.1) is 6.92 Å². The molecule has 0 spiro atoms. The quantitative estimate of drug-likeness (QED) is 0.575.